The Balaban J connectivity index is 0.000000592. The van der Waals surface area contributed by atoms with Gasteiger partial charge < -0.3 is 24.7 Å². The van der Waals surface area contributed by atoms with Gasteiger partial charge in [0.05, 0.1) is 11.4 Å². The van der Waals surface area contributed by atoms with Crippen LogP contribution < -0.4 is 11.1 Å². The number of carbonyl (C=O) groups excluding carboxylic acids is 3. The minimum Gasteiger partial charge on any atom is -0.444 e. The molecule has 9 nitrogen and oxygen atoms in total. The minimum absolute atomic E-state index is 0.0311. The highest BCUT2D eigenvalue weighted by Crippen LogP contribution is 2.17. The van der Waals surface area contributed by atoms with E-state index in [1.165, 1.54) is 6.07 Å². The summed E-state index contributed by atoms with van der Waals surface area (Å²) in [4.78, 5) is 33.3. The molecule has 40 heavy (non-hydrogen) atoms. The molecule has 0 aliphatic heterocycles. The van der Waals surface area contributed by atoms with Crippen LogP contribution in [0.15, 0.2) is 36.4 Å². The molecule has 0 heterocycles. The quantitative estimate of drug-likeness (QED) is 0.116. The van der Waals surface area contributed by atoms with Crippen molar-refractivity contribution >= 4 is 29.8 Å². The summed E-state index contributed by atoms with van der Waals surface area (Å²) in [5.74, 6) is -2.87. The molecule has 2 aromatic rings. The lowest BCUT2D eigenvalue weighted by Crippen LogP contribution is -2.29. The molecular weight excluding hydrogens is 540 g/mol. The third-order valence-corrected chi connectivity index (χ3v) is 3.47. The summed E-state index contributed by atoms with van der Waals surface area (Å²) < 4.78 is 68.7. The molecule has 0 radical (unpaired) electrons. The van der Waals surface area contributed by atoms with Gasteiger partial charge in [0.2, 0.25) is 0 Å². The second kappa shape index (κ2) is 14.9. The van der Waals surface area contributed by atoms with Crippen molar-refractivity contribution in [1.29, 1.82) is 0 Å². The van der Waals surface area contributed by atoms with Crippen LogP contribution in [0.25, 0.3) is 0 Å². The Kier molecular flexibility index (Phi) is 13.4. The number of nitrogens with one attached hydrogen (secondary N) is 1. The van der Waals surface area contributed by atoms with E-state index < -0.39 is 58.5 Å². The van der Waals surface area contributed by atoms with E-state index in [9.17, 15) is 31.9 Å². The molecule has 0 aliphatic rings. The van der Waals surface area contributed by atoms with Crippen LogP contribution in [0.1, 0.15) is 62.3 Å². The molecule has 0 saturated carbocycles. The zero-order valence-corrected chi connectivity index (χ0v) is 23.9. The second-order valence-electron chi connectivity index (χ2n) is 10.9. The SMILES string of the molecule is CC(C)(C)OC(=O)Nc1ccc(F)cc1F.CC(C)(C)OC(=O)OC(=O)OC(C)(C)C.Nc1ccc(F)cc1F. The number of hydrogen-bond donors (Lipinski definition) is 2. The lowest BCUT2D eigenvalue weighted by Gasteiger charge is -2.20. The summed E-state index contributed by atoms with van der Waals surface area (Å²) in [6.07, 6.45) is -2.90. The first-order chi connectivity index (χ1) is 18.0. The summed E-state index contributed by atoms with van der Waals surface area (Å²) in [6.45, 7) is 15.1. The van der Waals surface area contributed by atoms with Crippen molar-refractivity contribution in [3.8, 4) is 0 Å². The fourth-order valence-electron chi connectivity index (χ4n) is 2.12. The molecule has 2 aromatic carbocycles. The molecule has 0 saturated heterocycles. The van der Waals surface area contributed by atoms with Crippen LogP contribution >= 0.6 is 0 Å². The van der Waals surface area contributed by atoms with Gasteiger partial charge in [-0.05, 0) is 86.6 Å². The van der Waals surface area contributed by atoms with E-state index in [1.807, 2.05) is 0 Å². The topological polar surface area (TPSA) is 126 Å². The Hall–Kier alpha value is -4.03. The fourth-order valence-corrected chi connectivity index (χ4v) is 2.12. The van der Waals surface area contributed by atoms with Crippen LogP contribution in [0, 0.1) is 23.3 Å². The molecule has 1 amide bonds. The molecule has 0 bridgehead atoms. The lowest BCUT2D eigenvalue weighted by molar-refractivity contribution is -0.0294. The average molecular weight is 577 g/mol. The number of anilines is 2. The number of nitrogen functional groups attached to an aromatic ring is 1. The van der Waals surface area contributed by atoms with E-state index in [2.05, 4.69) is 10.1 Å². The van der Waals surface area contributed by atoms with Crippen LogP contribution in [-0.4, -0.2) is 35.2 Å². The summed E-state index contributed by atoms with van der Waals surface area (Å²) >= 11 is 0. The van der Waals surface area contributed by atoms with Gasteiger partial charge in [-0.1, -0.05) is 0 Å². The third kappa shape index (κ3) is 18.3. The molecule has 0 unspecified atom stereocenters. The number of rotatable bonds is 1. The van der Waals surface area contributed by atoms with Gasteiger partial charge in [-0.3, -0.25) is 5.32 Å². The van der Waals surface area contributed by atoms with Crippen molar-refractivity contribution < 1.29 is 50.9 Å². The van der Waals surface area contributed by atoms with Crippen molar-refractivity contribution in [3.05, 3.63) is 59.7 Å². The van der Waals surface area contributed by atoms with E-state index in [0.29, 0.717) is 6.07 Å². The molecule has 13 heteroatoms. The number of amides is 1. The summed E-state index contributed by atoms with van der Waals surface area (Å²) in [7, 11) is 0. The van der Waals surface area contributed by atoms with Gasteiger partial charge in [0.1, 0.15) is 40.1 Å². The monoisotopic (exact) mass is 576 g/mol. The third-order valence-electron chi connectivity index (χ3n) is 3.47. The summed E-state index contributed by atoms with van der Waals surface area (Å²) in [6, 6.07) is 5.91. The first-order valence-electron chi connectivity index (χ1n) is 11.8. The first-order valence-corrected chi connectivity index (χ1v) is 11.8. The average Bonchev–Trinajstić information content (AvgIpc) is 2.70. The van der Waals surface area contributed by atoms with E-state index >= 15 is 0 Å². The Labute approximate surface area is 230 Å². The lowest BCUT2D eigenvalue weighted by atomic mass is 10.2. The largest absolute Gasteiger partial charge is 0.519 e. The fraction of sp³-hybridized carbons (Fsp3) is 0.444. The van der Waals surface area contributed by atoms with Crippen molar-refractivity contribution in [1.82, 2.24) is 0 Å². The minimum atomic E-state index is -1.06. The normalized spacial score (nSPS) is 11.0. The van der Waals surface area contributed by atoms with Crippen LogP contribution in [0.3, 0.4) is 0 Å². The molecule has 3 N–H and O–H groups in total. The van der Waals surface area contributed by atoms with Crippen molar-refractivity contribution in [2.75, 3.05) is 11.1 Å². The Morgan fingerprint density at radius 2 is 1.05 bits per heavy atom. The Morgan fingerprint density at radius 3 is 1.40 bits per heavy atom. The van der Waals surface area contributed by atoms with Gasteiger partial charge in [-0.15, -0.1) is 0 Å². The van der Waals surface area contributed by atoms with Crippen LogP contribution in [0.5, 0.6) is 0 Å². The molecule has 0 atom stereocenters. The smallest absolute Gasteiger partial charge is 0.444 e. The van der Waals surface area contributed by atoms with E-state index in [-0.39, 0.29) is 11.4 Å². The van der Waals surface area contributed by atoms with Gasteiger partial charge in [0.15, 0.2) is 0 Å². The summed E-state index contributed by atoms with van der Waals surface area (Å²) in [5, 5.41) is 2.19. The highest BCUT2D eigenvalue weighted by molar-refractivity contribution is 5.85. The molecule has 0 spiro atoms. The maximum Gasteiger partial charge on any atom is 0.519 e. The molecule has 224 valence electrons. The van der Waals surface area contributed by atoms with Crippen LogP contribution in [-0.2, 0) is 18.9 Å². The van der Waals surface area contributed by atoms with Crippen molar-refractivity contribution in [2.45, 2.75) is 79.1 Å². The number of halogens is 4. The molecule has 0 aliphatic carbocycles. The van der Waals surface area contributed by atoms with E-state index in [1.54, 1.807) is 62.3 Å². The Bertz CT molecular complexity index is 1130. The maximum absolute atomic E-state index is 13.1. The Morgan fingerprint density at radius 1 is 0.650 bits per heavy atom. The molecular formula is C27H36F4N2O7. The predicted octanol–water partition coefficient (Wildman–Crippen LogP) is 7.73. The summed E-state index contributed by atoms with van der Waals surface area (Å²) in [5.41, 5.74) is 2.84. The second-order valence-corrected chi connectivity index (χ2v) is 10.9. The predicted molar refractivity (Wildman–Crippen MR) is 141 cm³/mol. The van der Waals surface area contributed by atoms with Gasteiger partial charge in [0.25, 0.3) is 0 Å². The highest BCUT2D eigenvalue weighted by atomic mass is 19.1. The number of benzene rings is 2. The number of carbonyl (C=O) groups is 3. The molecule has 0 aromatic heterocycles. The van der Waals surface area contributed by atoms with Gasteiger partial charge >= 0.3 is 18.4 Å². The van der Waals surface area contributed by atoms with Gasteiger partial charge in [0, 0.05) is 12.1 Å². The standard InChI is InChI=1S/C11H13F2NO2.C10H18O5.C6H5F2N/c1-11(2,3)16-10(15)14-9-5-4-7(12)6-8(9)13;1-9(2,3)14-7(11)13-8(12)15-10(4,5)6;7-4-1-2-6(9)5(8)3-4/h4-6H,1-3H3,(H,14,15);1-6H3;1-3H,9H2. The zero-order valence-electron chi connectivity index (χ0n) is 23.9. The maximum atomic E-state index is 13.1. The highest BCUT2D eigenvalue weighted by Gasteiger charge is 2.24. The van der Waals surface area contributed by atoms with Gasteiger partial charge in [-0.25, -0.2) is 31.9 Å². The zero-order chi connectivity index (χ0) is 31.5. The van der Waals surface area contributed by atoms with E-state index in [0.717, 1.165) is 24.3 Å². The van der Waals surface area contributed by atoms with Crippen LogP contribution in [0.2, 0.25) is 0 Å². The number of nitrogens with two attached hydrogens (primary N) is 1. The van der Waals surface area contributed by atoms with Gasteiger partial charge in [-0.2, -0.15) is 0 Å². The van der Waals surface area contributed by atoms with Crippen molar-refractivity contribution in [2.24, 2.45) is 0 Å². The molecule has 2 rings (SSSR count). The first kappa shape index (κ1) is 36.0. The van der Waals surface area contributed by atoms with E-state index in [4.69, 9.17) is 19.9 Å². The number of hydrogen-bond acceptors (Lipinski definition) is 8. The van der Waals surface area contributed by atoms with Crippen molar-refractivity contribution in [3.63, 3.8) is 0 Å². The van der Waals surface area contributed by atoms with Crippen LogP contribution in [0.4, 0.5) is 43.3 Å². The molecule has 0 fully saturated rings. The number of ether oxygens (including phenoxy) is 4.